The Kier molecular flexibility index (Phi) is 13.4. The minimum atomic E-state index is -0.662. The van der Waals surface area contributed by atoms with Gasteiger partial charge in [-0.15, -0.1) is 0 Å². The number of aliphatic hydroxyl groups is 2. The first-order chi connectivity index (χ1) is 22.8. The van der Waals surface area contributed by atoms with Crippen molar-refractivity contribution in [2.75, 3.05) is 0 Å². The van der Waals surface area contributed by atoms with Crippen LogP contribution in [0.25, 0.3) is 0 Å². The third-order valence-corrected chi connectivity index (χ3v) is 8.39. The van der Waals surface area contributed by atoms with E-state index < -0.39 is 12.1 Å². The standard InChI is InChI=1S/C42H44N2O4.Co/c1-25-19-27(3)37(28(4)20-25)41(47)35(31(7)45)23-43-39(33-15-11-9-12-16-33)40(34-17-13-10-14-18-34)44-24-36(32(8)46)42(48)38-29(5)21-26(2)22-30(38)6;/h9-24,39-40,45-46H,1-8H3;. The second-order valence-corrected chi connectivity index (χ2v) is 12.5. The number of aliphatic hydroxyl groups excluding tert-OH is 2. The predicted octanol–water partition coefficient (Wildman–Crippen LogP) is 9.89. The fourth-order valence-corrected chi connectivity index (χ4v) is 6.29. The van der Waals surface area contributed by atoms with Gasteiger partial charge in [-0.3, -0.25) is 19.6 Å². The summed E-state index contributed by atoms with van der Waals surface area (Å²) in [7, 11) is 0. The normalized spacial score (nSPS) is 13.8. The molecular formula is C42H44CoN2O4. The van der Waals surface area contributed by atoms with Gasteiger partial charge in [-0.1, -0.05) is 96.1 Å². The summed E-state index contributed by atoms with van der Waals surface area (Å²) < 4.78 is 0. The Morgan fingerprint density at radius 3 is 1.10 bits per heavy atom. The molecule has 2 unspecified atom stereocenters. The van der Waals surface area contributed by atoms with Crippen molar-refractivity contribution in [2.45, 2.75) is 67.5 Å². The summed E-state index contributed by atoms with van der Waals surface area (Å²) in [5, 5.41) is 21.5. The van der Waals surface area contributed by atoms with Gasteiger partial charge in [0, 0.05) is 40.3 Å². The van der Waals surface area contributed by atoms with Gasteiger partial charge in [-0.05, 0) is 88.8 Å². The van der Waals surface area contributed by atoms with Gasteiger partial charge in [0.1, 0.15) is 23.6 Å². The van der Waals surface area contributed by atoms with Crippen molar-refractivity contribution >= 4 is 24.0 Å². The number of ketones is 2. The fraction of sp³-hybridized carbons (Fsp3) is 0.238. The second-order valence-electron chi connectivity index (χ2n) is 12.5. The molecule has 0 amide bonds. The first-order valence-electron chi connectivity index (χ1n) is 16.0. The molecule has 0 aromatic heterocycles. The Hall–Kier alpha value is -4.85. The van der Waals surface area contributed by atoms with Crippen LogP contribution in [0.2, 0.25) is 0 Å². The van der Waals surface area contributed by atoms with E-state index in [2.05, 4.69) is 0 Å². The monoisotopic (exact) mass is 699 g/mol. The largest absolute Gasteiger partial charge is 0.512 e. The first-order valence-corrected chi connectivity index (χ1v) is 16.0. The van der Waals surface area contributed by atoms with E-state index in [1.807, 2.05) is 126 Å². The number of aryl methyl sites for hydroxylation is 6. The molecule has 0 heterocycles. The van der Waals surface area contributed by atoms with Crippen molar-refractivity contribution in [3.05, 3.63) is 163 Å². The van der Waals surface area contributed by atoms with Crippen LogP contribution in [0.4, 0.5) is 0 Å². The van der Waals surface area contributed by atoms with Crippen LogP contribution in [0.3, 0.4) is 0 Å². The van der Waals surface area contributed by atoms with E-state index in [9.17, 15) is 19.8 Å². The second kappa shape index (κ2) is 17.0. The molecule has 2 atom stereocenters. The number of nitrogens with zero attached hydrogens (tertiary/aromatic N) is 2. The van der Waals surface area contributed by atoms with Crippen LogP contribution in [0.15, 0.2) is 118 Å². The number of allylic oxidation sites excluding steroid dienone is 4. The summed E-state index contributed by atoms with van der Waals surface area (Å²) in [6.07, 6.45) is 2.86. The van der Waals surface area contributed by atoms with E-state index >= 15 is 0 Å². The van der Waals surface area contributed by atoms with Crippen LogP contribution in [0, 0.1) is 41.5 Å². The molecule has 255 valence electrons. The van der Waals surface area contributed by atoms with Crippen molar-refractivity contribution in [3.63, 3.8) is 0 Å². The summed E-state index contributed by atoms with van der Waals surface area (Å²) >= 11 is 0. The SMILES string of the molecule is CC(O)=C(C=NC(c1ccccc1)C(N=CC(C(=O)c1c(C)cc(C)cc1C)=C(C)O)c1ccccc1)C(=O)c1c(C)cc(C)cc1C.[Co]. The molecule has 49 heavy (non-hydrogen) atoms. The molecule has 0 saturated carbocycles. The molecule has 4 aromatic carbocycles. The van der Waals surface area contributed by atoms with Gasteiger partial charge in [0.15, 0.2) is 11.6 Å². The molecule has 4 aromatic rings. The number of hydrogen-bond donors (Lipinski definition) is 2. The maximum Gasteiger partial charge on any atom is 0.198 e. The Morgan fingerprint density at radius 1 is 0.551 bits per heavy atom. The smallest absolute Gasteiger partial charge is 0.198 e. The van der Waals surface area contributed by atoms with Gasteiger partial charge < -0.3 is 10.2 Å². The van der Waals surface area contributed by atoms with Crippen LogP contribution >= 0.6 is 0 Å². The van der Waals surface area contributed by atoms with Crippen LogP contribution in [-0.4, -0.2) is 34.2 Å². The Morgan fingerprint density at radius 2 is 0.837 bits per heavy atom. The zero-order valence-electron chi connectivity index (χ0n) is 29.3. The van der Waals surface area contributed by atoms with Crippen LogP contribution < -0.4 is 0 Å². The average molecular weight is 700 g/mol. The van der Waals surface area contributed by atoms with Gasteiger partial charge in [0.2, 0.25) is 0 Å². The summed E-state index contributed by atoms with van der Waals surface area (Å²) in [5.41, 5.74) is 8.20. The van der Waals surface area contributed by atoms with Crippen LogP contribution in [0.5, 0.6) is 0 Å². The zero-order valence-corrected chi connectivity index (χ0v) is 30.4. The Balaban J connectivity index is 0.00000650. The molecule has 6 nitrogen and oxygen atoms in total. The average Bonchev–Trinajstić information content (AvgIpc) is 3.01. The molecule has 0 fully saturated rings. The van der Waals surface area contributed by atoms with E-state index in [4.69, 9.17) is 9.98 Å². The molecule has 0 saturated heterocycles. The number of carbonyl (C=O) groups is 2. The third-order valence-electron chi connectivity index (χ3n) is 8.39. The number of carbonyl (C=O) groups excluding carboxylic acids is 2. The van der Waals surface area contributed by atoms with Crippen LogP contribution in [0.1, 0.15) is 91.2 Å². The number of hydrogen-bond acceptors (Lipinski definition) is 6. The molecule has 2 N–H and O–H groups in total. The van der Waals surface area contributed by atoms with Crippen molar-refractivity contribution in [1.82, 2.24) is 0 Å². The Labute approximate surface area is 300 Å². The molecule has 1 radical (unpaired) electrons. The molecule has 0 aliphatic heterocycles. The number of aliphatic imine (C=N–C) groups is 2. The summed E-state index contributed by atoms with van der Waals surface area (Å²) in [6.45, 7) is 14.5. The maximum absolute atomic E-state index is 13.9. The molecule has 4 rings (SSSR count). The molecule has 0 bridgehead atoms. The maximum atomic E-state index is 13.9. The molecule has 7 heteroatoms. The minimum absolute atomic E-state index is 0. The molecule has 0 aliphatic rings. The van der Waals surface area contributed by atoms with Gasteiger partial charge in [-0.2, -0.15) is 0 Å². The van der Waals surface area contributed by atoms with Crippen molar-refractivity contribution < 1.29 is 36.6 Å². The topological polar surface area (TPSA) is 99.3 Å². The van der Waals surface area contributed by atoms with E-state index in [1.165, 1.54) is 26.3 Å². The van der Waals surface area contributed by atoms with E-state index in [-0.39, 0.29) is 51.0 Å². The van der Waals surface area contributed by atoms with E-state index in [1.54, 1.807) is 0 Å². The molecule has 0 aliphatic carbocycles. The fourth-order valence-electron chi connectivity index (χ4n) is 6.29. The third kappa shape index (κ3) is 9.19. The summed E-state index contributed by atoms with van der Waals surface area (Å²) in [6, 6.07) is 25.6. The number of Topliss-reactive ketones (excluding diaryl/α,β-unsaturated/α-hetero) is 2. The van der Waals surface area contributed by atoms with Crippen LogP contribution in [-0.2, 0) is 16.8 Å². The predicted molar refractivity (Wildman–Crippen MR) is 196 cm³/mol. The minimum Gasteiger partial charge on any atom is -0.512 e. The molecule has 0 spiro atoms. The first kappa shape index (κ1) is 38.6. The quantitative estimate of drug-likeness (QED) is 0.0705. The van der Waals surface area contributed by atoms with E-state index in [0.29, 0.717) is 11.1 Å². The number of benzene rings is 4. The van der Waals surface area contributed by atoms with E-state index in [0.717, 1.165) is 44.5 Å². The zero-order chi connectivity index (χ0) is 35.1. The van der Waals surface area contributed by atoms with Gasteiger partial charge in [0.25, 0.3) is 0 Å². The van der Waals surface area contributed by atoms with Crippen molar-refractivity contribution in [2.24, 2.45) is 9.98 Å². The number of rotatable bonds is 11. The van der Waals surface area contributed by atoms with Crippen molar-refractivity contribution in [3.8, 4) is 0 Å². The van der Waals surface area contributed by atoms with Crippen molar-refractivity contribution in [1.29, 1.82) is 0 Å². The summed E-state index contributed by atoms with van der Waals surface area (Å²) in [4.78, 5) is 37.7. The van der Waals surface area contributed by atoms with Gasteiger partial charge in [-0.25, -0.2) is 0 Å². The Bertz CT molecular complexity index is 1760. The summed E-state index contributed by atoms with van der Waals surface area (Å²) in [5.74, 6) is -0.942. The molecular weight excluding hydrogens is 655 g/mol. The van der Waals surface area contributed by atoms with Gasteiger partial charge in [0.05, 0.1) is 11.1 Å². The van der Waals surface area contributed by atoms with Gasteiger partial charge >= 0.3 is 0 Å².